The van der Waals surface area contributed by atoms with Crippen molar-refractivity contribution < 1.29 is 13.5 Å². The Morgan fingerprint density at radius 2 is 1.54 bits per heavy atom. The fraction of sp³-hybridized carbons (Fsp3) is 0.455. The predicted octanol–water partition coefficient (Wildman–Crippen LogP) is 3.39. The highest BCUT2D eigenvalue weighted by molar-refractivity contribution is 7.89. The molecule has 2 aromatic carbocycles. The number of aliphatic hydroxyl groups excluding tert-OH is 1. The number of aryl methyl sites for hydroxylation is 1. The summed E-state index contributed by atoms with van der Waals surface area (Å²) in [5.41, 5.74) is 2.08. The first-order valence-corrected chi connectivity index (χ1v) is 11.1. The number of sulfonamides is 1. The second kappa shape index (κ2) is 10.0. The molecule has 0 radical (unpaired) electrons. The van der Waals surface area contributed by atoms with E-state index in [0.29, 0.717) is 13.0 Å². The first kappa shape index (κ1) is 22.4. The summed E-state index contributed by atoms with van der Waals surface area (Å²) in [6, 6.07) is 16.8. The Morgan fingerprint density at radius 3 is 2.07 bits per heavy atom. The van der Waals surface area contributed by atoms with Crippen LogP contribution in [0.25, 0.3) is 0 Å². The summed E-state index contributed by atoms with van der Waals surface area (Å²) in [7, 11) is 0.167. The van der Waals surface area contributed by atoms with Gasteiger partial charge in [0.05, 0.1) is 11.0 Å². The molecule has 0 bridgehead atoms. The second-order valence-electron chi connectivity index (χ2n) is 7.78. The van der Waals surface area contributed by atoms with E-state index in [-0.39, 0.29) is 17.4 Å². The summed E-state index contributed by atoms with van der Waals surface area (Å²) in [6.45, 7) is 4.44. The van der Waals surface area contributed by atoms with E-state index >= 15 is 0 Å². The molecule has 0 aliphatic rings. The van der Waals surface area contributed by atoms with Gasteiger partial charge in [-0.1, -0.05) is 44.2 Å². The van der Waals surface area contributed by atoms with E-state index in [1.54, 1.807) is 24.3 Å². The summed E-state index contributed by atoms with van der Waals surface area (Å²) >= 11 is 0. The minimum absolute atomic E-state index is 0.1000. The molecule has 2 aromatic rings. The third-order valence-corrected chi connectivity index (χ3v) is 6.43. The van der Waals surface area contributed by atoms with E-state index < -0.39 is 16.1 Å². The Balaban J connectivity index is 2.12. The minimum atomic E-state index is -3.66. The van der Waals surface area contributed by atoms with Crippen LogP contribution in [0, 0.1) is 5.92 Å². The maximum Gasteiger partial charge on any atom is 0.243 e. The topological polar surface area (TPSA) is 60.9 Å². The van der Waals surface area contributed by atoms with Gasteiger partial charge in [-0.3, -0.25) is 0 Å². The molecule has 0 aliphatic carbocycles. The van der Waals surface area contributed by atoms with Gasteiger partial charge in [-0.05, 0) is 48.6 Å². The van der Waals surface area contributed by atoms with Crippen molar-refractivity contribution in [1.82, 2.24) is 4.31 Å². The molecule has 0 saturated carbocycles. The van der Waals surface area contributed by atoms with Gasteiger partial charge in [-0.2, -0.15) is 4.31 Å². The maximum absolute atomic E-state index is 13.2. The van der Waals surface area contributed by atoms with Crippen LogP contribution in [0.1, 0.15) is 25.8 Å². The van der Waals surface area contributed by atoms with Crippen molar-refractivity contribution >= 4 is 15.7 Å². The number of hydrogen-bond donors (Lipinski definition) is 1. The molecule has 0 fully saturated rings. The van der Waals surface area contributed by atoms with Gasteiger partial charge in [0, 0.05) is 32.9 Å². The monoisotopic (exact) mass is 404 g/mol. The van der Waals surface area contributed by atoms with Crippen LogP contribution in [0.3, 0.4) is 0 Å². The Labute approximate surface area is 169 Å². The van der Waals surface area contributed by atoms with Crippen molar-refractivity contribution in [2.75, 3.05) is 32.1 Å². The van der Waals surface area contributed by atoms with Crippen LogP contribution in [-0.2, 0) is 16.4 Å². The van der Waals surface area contributed by atoms with Crippen LogP contribution in [0.15, 0.2) is 59.5 Å². The Bertz CT molecular complexity index is 819. The highest BCUT2D eigenvalue weighted by Crippen LogP contribution is 2.21. The van der Waals surface area contributed by atoms with Gasteiger partial charge in [-0.15, -0.1) is 0 Å². The lowest BCUT2D eigenvalue weighted by Crippen LogP contribution is -2.40. The Kier molecular flexibility index (Phi) is 8.04. The van der Waals surface area contributed by atoms with E-state index in [2.05, 4.69) is 0 Å². The number of hydrogen-bond acceptors (Lipinski definition) is 4. The van der Waals surface area contributed by atoms with E-state index in [1.807, 2.05) is 63.2 Å². The highest BCUT2D eigenvalue weighted by atomic mass is 32.2. The van der Waals surface area contributed by atoms with E-state index in [1.165, 1.54) is 4.31 Å². The molecule has 0 aliphatic heterocycles. The van der Waals surface area contributed by atoms with Crippen molar-refractivity contribution in [1.29, 1.82) is 0 Å². The third kappa shape index (κ3) is 6.33. The molecule has 6 heteroatoms. The van der Waals surface area contributed by atoms with Crippen LogP contribution >= 0.6 is 0 Å². The van der Waals surface area contributed by atoms with Crippen molar-refractivity contribution in [3.8, 4) is 0 Å². The van der Waals surface area contributed by atoms with Gasteiger partial charge in [0.2, 0.25) is 10.0 Å². The summed E-state index contributed by atoms with van der Waals surface area (Å²) in [5, 5.41) is 10.5. The number of anilines is 1. The third-order valence-electron chi connectivity index (χ3n) is 4.58. The molecule has 1 atom stereocenters. The molecule has 28 heavy (non-hydrogen) atoms. The smallest absolute Gasteiger partial charge is 0.243 e. The molecule has 5 nitrogen and oxygen atoms in total. The van der Waals surface area contributed by atoms with Gasteiger partial charge in [0.25, 0.3) is 0 Å². The number of benzene rings is 2. The van der Waals surface area contributed by atoms with Crippen LogP contribution in [0.4, 0.5) is 5.69 Å². The van der Waals surface area contributed by atoms with Gasteiger partial charge in [0.1, 0.15) is 0 Å². The zero-order valence-corrected chi connectivity index (χ0v) is 18.1. The molecular formula is C22H32N2O3S. The van der Waals surface area contributed by atoms with Crippen molar-refractivity contribution in [2.45, 2.75) is 37.7 Å². The van der Waals surface area contributed by atoms with E-state index in [0.717, 1.165) is 17.7 Å². The van der Waals surface area contributed by atoms with Gasteiger partial charge in [0.15, 0.2) is 0 Å². The number of rotatable bonds is 10. The molecule has 0 aromatic heterocycles. The molecule has 0 heterocycles. The van der Waals surface area contributed by atoms with Crippen LogP contribution in [0.2, 0.25) is 0 Å². The average Bonchev–Trinajstić information content (AvgIpc) is 2.66. The molecule has 2 rings (SSSR count). The van der Waals surface area contributed by atoms with Crippen LogP contribution < -0.4 is 4.90 Å². The van der Waals surface area contributed by atoms with Crippen molar-refractivity contribution in [3.63, 3.8) is 0 Å². The number of nitrogens with zero attached hydrogens (tertiary/aromatic N) is 2. The largest absolute Gasteiger partial charge is 0.392 e. The molecule has 1 N–H and O–H groups in total. The highest BCUT2D eigenvalue weighted by Gasteiger charge is 2.27. The summed E-state index contributed by atoms with van der Waals surface area (Å²) in [5.74, 6) is 0.164. The second-order valence-corrected chi connectivity index (χ2v) is 9.72. The predicted molar refractivity (Wildman–Crippen MR) is 115 cm³/mol. The van der Waals surface area contributed by atoms with E-state index in [4.69, 9.17) is 0 Å². The fourth-order valence-electron chi connectivity index (χ4n) is 3.05. The average molecular weight is 405 g/mol. The first-order chi connectivity index (χ1) is 13.2. The van der Waals surface area contributed by atoms with Gasteiger partial charge in [-0.25, -0.2) is 8.42 Å². The molecule has 0 amide bonds. The number of aliphatic hydroxyl groups is 1. The first-order valence-electron chi connectivity index (χ1n) is 9.69. The zero-order valence-electron chi connectivity index (χ0n) is 17.2. The fourth-order valence-corrected chi connectivity index (χ4v) is 4.69. The van der Waals surface area contributed by atoms with E-state index in [9.17, 15) is 13.5 Å². The quantitative estimate of drug-likeness (QED) is 0.659. The zero-order chi connectivity index (χ0) is 20.7. The van der Waals surface area contributed by atoms with Crippen molar-refractivity contribution in [3.05, 3.63) is 60.2 Å². The normalized spacial score (nSPS) is 13.1. The van der Waals surface area contributed by atoms with Crippen LogP contribution in [-0.4, -0.2) is 51.1 Å². The van der Waals surface area contributed by atoms with Gasteiger partial charge < -0.3 is 10.0 Å². The molecule has 0 unspecified atom stereocenters. The SMILES string of the molecule is CC(C)CN(C[C@H](O)CCc1ccccc1)S(=O)(=O)c1ccc(N(C)C)cc1. The summed E-state index contributed by atoms with van der Waals surface area (Å²) in [4.78, 5) is 2.18. The van der Waals surface area contributed by atoms with Crippen molar-refractivity contribution in [2.24, 2.45) is 5.92 Å². The molecule has 0 saturated heterocycles. The lowest BCUT2D eigenvalue weighted by molar-refractivity contribution is 0.133. The Morgan fingerprint density at radius 1 is 0.929 bits per heavy atom. The van der Waals surface area contributed by atoms with Gasteiger partial charge >= 0.3 is 0 Å². The molecule has 0 spiro atoms. The summed E-state index contributed by atoms with van der Waals surface area (Å²) < 4.78 is 27.7. The maximum atomic E-state index is 13.2. The summed E-state index contributed by atoms with van der Waals surface area (Å²) in [6.07, 6.45) is 0.526. The Hall–Kier alpha value is -1.89. The minimum Gasteiger partial charge on any atom is -0.392 e. The lowest BCUT2D eigenvalue weighted by Gasteiger charge is -2.26. The molecule has 154 valence electrons. The molecular weight excluding hydrogens is 372 g/mol. The van der Waals surface area contributed by atoms with Crippen LogP contribution in [0.5, 0.6) is 0 Å². The lowest BCUT2D eigenvalue weighted by atomic mass is 10.1. The standard InChI is InChI=1S/C22H32N2O3S/c1-18(2)16-24(17-21(25)13-10-19-8-6-5-7-9-19)28(26,27)22-14-11-20(12-15-22)23(3)4/h5-9,11-12,14-15,18,21,25H,10,13,16-17H2,1-4H3/t21-/m1/s1.